The number of halogens is 5. The van der Waals surface area contributed by atoms with Crippen molar-refractivity contribution in [1.82, 2.24) is 20.0 Å². The molecule has 0 aliphatic carbocycles. The normalized spacial score (nSPS) is 17.3. The molecule has 2 aromatic carbocycles. The van der Waals surface area contributed by atoms with Crippen LogP contribution in [0.15, 0.2) is 48.5 Å². The molecule has 0 unspecified atom stereocenters. The Morgan fingerprint density at radius 1 is 1.07 bits per heavy atom. The number of methoxy groups -OCH3 is 1. The van der Waals surface area contributed by atoms with Gasteiger partial charge in [0.15, 0.2) is 11.6 Å². The average Bonchev–Trinajstić information content (AvgIpc) is 3.50. The summed E-state index contributed by atoms with van der Waals surface area (Å²) < 4.78 is 79.2. The summed E-state index contributed by atoms with van der Waals surface area (Å²) in [6.07, 6.45) is -6.24. The number of carbonyl (C=O) groups is 2. The Bertz CT molecular complexity index is 1400. The minimum atomic E-state index is -5.12. The second-order valence-corrected chi connectivity index (χ2v) is 9.65. The van der Waals surface area contributed by atoms with E-state index < -0.39 is 48.0 Å². The first-order valence-electron chi connectivity index (χ1n) is 13.2. The van der Waals surface area contributed by atoms with Crippen LogP contribution in [0, 0.1) is 11.6 Å². The van der Waals surface area contributed by atoms with E-state index in [1.807, 2.05) is 4.90 Å². The Balaban J connectivity index is 1.66. The lowest BCUT2D eigenvalue weighted by Crippen LogP contribution is -2.42. The number of benzene rings is 2. The third kappa shape index (κ3) is 7.23. The number of nitrogens with zero attached hydrogens (tertiary/aromatic N) is 3. The topological polar surface area (TPSA) is 97.7 Å². The van der Waals surface area contributed by atoms with Crippen LogP contribution in [0.2, 0.25) is 0 Å². The molecule has 1 saturated heterocycles. The Labute approximate surface area is 238 Å². The standard InChI is InChI=1S/C28H30F5N5O4/c1-3-42-26-19(14-24(39)28(31,32)33)25(38(36-26)18-7-5-4-6-8-18)35-27(40)34-23-16-37(11-12-41-2)15-20(23)17-9-10-21(29)22(30)13-17/h4-10,13,20,23H,3,11-12,14-16H2,1-2H3,(H2,34,35,40)/t20-,23+/m0/s1. The molecule has 9 nitrogen and oxygen atoms in total. The van der Waals surface area contributed by atoms with Gasteiger partial charge < -0.3 is 14.8 Å². The lowest BCUT2D eigenvalue weighted by Gasteiger charge is -2.21. The number of alkyl halides is 3. The van der Waals surface area contributed by atoms with E-state index in [4.69, 9.17) is 9.47 Å². The fourth-order valence-corrected chi connectivity index (χ4v) is 4.81. The summed E-state index contributed by atoms with van der Waals surface area (Å²) in [5.74, 6) is -4.93. The number of anilines is 1. The van der Waals surface area contributed by atoms with Crippen LogP contribution in [0.4, 0.5) is 32.6 Å². The van der Waals surface area contributed by atoms with E-state index >= 15 is 0 Å². The number of amides is 2. The van der Waals surface area contributed by atoms with E-state index in [-0.39, 0.29) is 23.9 Å². The van der Waals surface area contributed by atoms with Crippen molar-refractivity contribution in [3.8, 4) is 11.6 Å². The number of para-hydroxylation sites is 1. The molecule has 2 amide bonds. The van der Waals surface area contributed by atoms with Crippen molar-refractivity contribution in [3.05, 3.63) is 71.3 Å². The van der Waals surface area contributed by atoms with Gasteiger partial charge in [-0.15, -0.1) is 5.10 Å². The highest BCUT2D eigenvalue weighted by molar-refractivity contribution is 5.93. The number of rotatable bonds is 11. The van der Waals surface area contributed by atoms with E-state index in [0.29, 0.717) is 37.5 Å². The van der Waals surface area contributed by atoms with Crippen LogP contribution in [-0.4, -0.2) is 78.7 Å². The maximum absolute atomic E-state index is 14.1. The first-order chi connectivity index (χ1) is 20.0. The number of nitrogens with one attached hydrogen (secondary N) is 2. The fourth-order valence-electron chi connectivity index (χ4n) is 4.81. The first-order valence-corrected chi connectivity index (χ1v) is 13.2. The molecule has 1 aliphatic rings. The molecule has 0 spiro atoms. The zero-order chi connectivity index (χ0) is 30.4. The predicted octanol–water partition coefficient (Wildman–Crippen LogP) is 4.46. The number of carbonyl (C=O) groups excluding carboxylic acids is 2. The van der Waals surface area contributed by atoms with Crippen LogP contribution in [-0.2, 0) is 16.0 Å². The number of ether oxygens (including phenoxy) is 2. The molecule has 0 bridgehead atoms. The predicted molar refractivity (Wildman–Crippen MR) is 143 cm³/mol. The van der Waals surface area contributed by atoms with E-state index in [1.54, 1.807) is 44.4 Å². The van der Waals surface area contributed by atoms with Crippen molar-refractivity contribution in [3.63, 3.8) is 0 Å². The minimum absolute atomic E-state index is 0.0416. The van der Waals surface area contributed by atoms with Gasteiger partial charge in [0.2, 0.25) is 11.7 Å². The first kappa shape index (κ1) is 30.9. The summed E-state index contributed by atoms with van der Waals surface area (Å²) in [5, 5.41) is 9.62. The van der Waals surface area contributed by atoms with E-state index in [2.05, 4.69) is 15.7 Å². The maximum Gasteiger partial charge on any atom is 0.450 e. The molecular weight excluding hydrogens is 565 g/mol. The number of hydrogen-bond donors (Lipinski definition) is 2. The van der Waals surface area contributed by atoms with E-state index in [9.17, 15) is 31.5 Å². The van der Waals surface area contributed by atoms with Gasteiger partial charge in [-0.2, -0.15) is 13.2 Å². The maximum atomic E-state index is 14.1. The number of ketones is 1. The van der Waals surface area contributed by atoms with Crippen LogP contribution in [0.1, 0.15) is 24.0 Å². The Kier molecular flexibility index (Phi) is 9.78. The van der Waals surface area contributed by atoms with Gasteiger partial charge in [-0.05, 0) is 36.8 Å². The van der Waals surface area contributed by atoms with Crippen LogP contribution < -0.4 is 15.4 Å². The van der Waals surface area contributed by atoms with Crippen molar-refractivity contribution in [2.24, 2.45) is 0 Å². The molecule has 2 N–H and O–H groups in total. The van der Waals surface area contributed by atoms with Crippen LogP contribution in [0.25, 0.3) is 5.69 Å². The van der Waals surface area contributed by atoms with Crippen molar-refractivity contribution < 1.29 is 41.0 Å². The Morgan fingerprint density at radius 3 is 2.45 bits per heavy atom. The molecule has 2 heterocycles. The van der Waals surface area contributed by atoms with Crippen molar-refractivity contribution in [2.75, 3.05) is 45.3 Å². The zero-order valence-corrected chi connectivity index (χ0v) is 22.9. The molecule has 226 valence electrons. The third-order valence-corrected chi connectivity index (χ3v) is 6.81. The molecule has 1 aliphatic heterocycles. The highest BCUT2D eigenvalue weighted by atomic mass is 19.4. The molecule has 1 aromatic heterocycles. The number of Topliss-reactive ketones (excluding diaryl/α,β-unsaturated/α-hetero) is 1. The Hall–Kier alpha value is -4.04. The van der Waals surface area contributed by atoms with Gasteiger partial charge in [-0.1, -0.05) is 24.3 Å². The molecule has 1 fully saturated rings. The number of likely N-dealkylation sites (tertiary alicyclic amines) is 1. The smallest absolute Gasteiger partial charge is 0.450 e. The molecular formula is C28H30F5N5O4. The van der Waals surface area contributed by atoms with E-state index in [0.717, 1.165) is 12.1 Å². The summed E-state index contributed by atoms with van der Waals surface area (Å²) in [5.41, 5.74) is 0.609. The number of hydrogen-bond acceptors (Lipinski definition) is 6. The van der Waals surface area contributed by atoms with E-state index in [1.165, 1.54) is 10.7 Å². The third-order valence-electron chi connectivity index (χ3n) is 6.81. The minimum Gasteiger partial charge on any atom is -0.477 e. The fraction of sp³-hybridized carbons (Fsp3) is 0.393. The summed E-state index contributed by atoms with van der Waals surface area (Å²) in [4.78, 5) is 27.4. The number of aromatic nitrogens is 2. The summed E-state index contributed by atoms with van der Waals surface area (Å²) >= 11 is 0. The quantitative estimate of drug-likeness (QED) is 0.318. The second-order valence-electron chi connectivity index (χ2n) is 9.65. The van der Waals surface area contributed by atoms with Gasteiger partial charge in [0, 0.05) is 39.1 Å². The largest absolute Gasteiger partial charge is 0.477 e. The van der Waals surface area contributed by atoms with Crippen molar-refractivity contribution in [1.29, 1.82) is 0 Å². The number of urea groups is 1. The molecule has 4 rings (SSSR count). The summed E-state index contributed by atoms with van der Waals surface area (Å²) in [6.45, 7) is 3.29. The summed E-state index contributed by atoms with van der Waals surface area (Å²) in [6, 6.07) is 10.4. The zero-order valence-electron chi connectivity index (χ0n) is 22.9. The summed E-state index contributed by atoms with van der Waals surface area (Å²) in [7, 11) is 1.54. The lowest BCUT2D eigenvalue weighted by atomic mass is 9.94. The van der Waals surface area contributed by atoms with Crippen LogP contribution in [0.3, 0.4) is 0 Å². The lowest BCUT2D eigenvalue weighted by molar-refractivity contribution is -0.170. The second kappa shape index (κ2) is 13.3. The van der Waals surface area contributed by atoms with Crippen molar-refractivity contribution >= 4 is 17.6 Å². The van der Waals surface area contributed by atoms with Crippen LogP contribution in [0.5, 0.6) is 5.88 Å². The molecule has 42 heavy (non-hydrogen) atoms. The molecule has 2 atom stereocenters. The highest BCUT2D eigenvalue weighted by Crippen LogP contribution is 2.33. The Morgan fingerprint density at radius 2 is 1.81 bits per heavy atom. The van der Waals surface area contributed by atoms with Crippen molar-refractivity contribution in [2.45, 2.75) is 31.5 Å². The molecule has 14 heteroatoms. The molecule has 0 radical (unpaired) electrons. The average molecular weight is 596 g/mol. The van der Waals surface area contributed by atoms with Gasteiger partial charge >= 0.3 is 12.2 Å². The van der Waals surface area contributed by atoms with Gasteiger partial charge in [-0.3, -0.25) is 15.0 Å². The monoisotopic (exact) mass is 595 g/mol. The highest BCUT2D eigenvalue weighted by Gasteiger charge is 2.40. The molecule has 0 saturated carbocycles. The van der Waals surface area contributed by atoms with Gasteiger partial charge in [-0.25, -0.2) is 18.3 Å². The van der Waals surface area contributed by atoms with Crippen LogP contribution >= 0.6 is 0 Å². The van der Waals surface area contributed by atoms with Gasteiger partial charge in [0.25, 0.3) is 0 Å². The SMILES string of the molecule is CCOc1nn(-c2ccccc2)c(NC(=O)N[C@@H]2CN(CCOC)C[C@H]2c2ccc(F)c(F)c2)c1CC(=O)C(F)(F)F. The van der Waals surface area contributed by atoms with Gasteiger partial charge in [0.1, 0.15) is 5.82 Å². The van der Waals surface area contributed by atoms with Gasteiger partial charge in [0.05, 0.1) is 30.5 Å². The molecule has 3 aromatic rings.